The number of hydrogen-bond acceptors (Lipinski definition) is 5. The maximum Gasteiger partial charge on any atom is 0.328 e. The zero-order valence-electron chi connectivity index (χ0n) is 20.3. The van der Waals surface area contributed by atoms with Crippen molar-refractivity contribution < 1.29 is 24.5 Å². The summed E-state index contributed by atoms with van der Waals surface area (Å²) < 4.78 is 5.97. The second-order valence-corrected chi connectivity index (χ2v) is 8.05. The van der Waals surface area contributed by atoms with E-state index in [9.17, 15) is 9.59 Å². The number of anilines is 1. The minimum absolute atomic E-state index is 0.139. The van der Waals surface area contributed by atoms with Gasteiger partial charge in [0.05, 0.1) is 6.04 Å². The normalized spacial score (nSPS) is 16.7. The third-order valence-corrected chi connectivity index (χ3v) is 6.02. The molecule has 0 aliphatic heterocycles. The summed E-state index contributed by atoms with van der Waals surface area (Å²) in [5.74, 6) is -2.51. The van der Waals surface area contributed by atoms with E-state index >= 15 is 0 Å². The van der Waals surface area contributed by atoms with Gasteiger partial charge in [-0.2, -0.15) is 0 Å². The lowest BCUT2D eigenvalue weighted by molar-refractivity contribution is -0.134. The molecular weight excluding hydrogens is 432 g/mol. The Morgan fingerprint density at radius 3 is 2.09 bits per heavy atom. The van der Waals surface area contributed by atoms with E-state index in [4.69, 9.17) is 14.9 Å². The summed E-state index contributed by atoms with van der Waals surface area (Å²) >= 11 is 0. The molecule has 7 heteroatoms. The number of aliphatic carboxylic acids is 2. The highest BCUT2D eigenvalue weighted by molar-refractivity contribution is 5.89. The summed E-state index contributed by atoms with van der Waals surface area (Å²) in [6.07, 6.45) is 3.47. The predicted octanol–water partition coefficient (Wildman–Crippen LogP) is 4.25. The van der Waals surface area contributed by atoms with Gasteiger partial charge in [0.25, 0.3) is 0 Å². The molecule has 2 N–H and O–H groups in total. The van der Waals surface area contributed by atoms with Crippen LogP contribution in [0, 0.1) is 0 Å². The molecule has 2 atom stereocenters. The van der Waals surface area contributed by atoms with Crippen molar-refractivity contribution in [2.45, 2.75) is 38.8 Å². The van der Waals surface area contributed by atoms with Crippen LogP contribution < -0.4 is 4.90 Å². The van der Waals surface area contributed by atoms with Crippen molar-refractivity contribution in [3.8, 4) is 0 Å². The van der Waals surface area contributed by atoms with Crippen LogP contribution in [0.3, 0.4) is 0 Å². The lowest BCUT2D eigenvalue weighted by Crippen LogP contribution is -2.41. The van der Waals surface area contributed by atoms with E-state index in [-0.39, 0.29) is 6.10 Å². The van der Waals surface area contributed by atoms with Gasteiger partial charge in [0.1, 0.15) is 6.10 Å². The van der Waals surface area contributed by atoms with Crippen LogP contribution >= 0.6 is 0 Å². The highest BCUT2D eigenvalue weighted by Gasteiger charge is 2.36. The van der Waals surface area contributed by atoms with Crippen LogP contribution in [0.25, 0.3) is 0 Å². The molecule has 1 aliphatic carbocycles. The van der Waals surface area contributed by atoms with Crippen molar-refractivity contribution >= 4 is 17.6 Å². The molecule has 0 amide bonds. The molecule has 0 heterocycles. The Morgan fingerprint density at radius 1 is 0.941 bits per heavy atom. The summed E-state index contributed by atoms with van der Waals surface area (Å²) in [7, 11) is 1.85. The Labute approximate surface area is 202 Å². The molecule has 0 saturated heterocycles. The van der Waals surface area contributed by atoms with Crippen LogP contribution in [0.4, 0.5) is 5.69 Å². The van der Waals surface area contributed by atoms with Gasteiger partial charge in [0.2, 0.25) is 0 Å². The van der Waals surface area contributed by atoms with Gasteiger partial charge in [-0.3, -0.25) is 0 Å². The Hall–Kier alpha value is -3.16. The van der Waals surface area contributed by atoms with Crippen molar-refractivity contribution in [3.05, 3.63) is 77.9 Å². The number of carboxylic acid groups (broad SMARTS) is 2. The Balaban J connectivity index is 0.000000440. The highest BCUT2D eigenvalue weighted by atomic mass is 16.5. The third kappa shape index (κ3) is 8.01. The van der Waals surface area contributed by atoms with Gasteiger partial charge in [0, 0.05) is 31.5 Å². The minimum atomic E-state index is -1.26. The number of benzene rings is 2. The molecule has 0 radical (unpaired) electrons. The molecule has 0 bridgehead atoms. The van der Waals surface area contributed by atoms with Crippen LogP contribution in [-0.4, -0.2) is 66.4 Å². The van der Waals surface area contributed by atoms with Crippen LogP contribution in [0.1, 0.15) is 37.5 Å². The van der Waals surface area contributed by atoms with Crippen LogP contribution in [0.5, 0.6) is 0 Å². The first kappa shape index (κ1) is 27.1. The van der Waals surface area contributed by atoms with Crippen molar-refractivity contribution in [3.63, 3.8) is 0 Å². The summed E-state index contributed by atoms with van der Waals surface area (Å²) in [6.45, 7) is 8.93. The molecule has 3 rings (SSSR count). The van der Waals surface area contributed by atoms with Gasteiger partial charge < -0.3 is 24.7 Å². The topological polar surface area (TPSA) is 90.3 Å². The SMILES string of the molecule is CCN(CC)CCCN(c1ccccc1)C1Cc2ccccc2C1OC.O=C(O)/C=C/C(=O)O. The number of hydrogen-bond donors (Lipinski definition) is 2. The van der Waals surface area contributed by atoms with Crippen molar-refractivity contribution in [1.82, 2.24) is 4.90 Å². The van der Waals surface area contributed by atoms with Crippen molar-refractivity contribution in [2.75, 3.05) is 38.2 Å². The first-order valence-electron chi connectivity index (χ1n) is 11.7. The molecule has 7 nitrogen and oxygen atoms in total. The average Bonchev–Trinajstić information content (AvgIpc) is 3.22. The molecule has 1 aliphatic rings. The fraction of sp³-hybridized carbons (Fsp3) is 0.407. The quantitative estimate of drug-likeness (QED) is 0.477. The standard InChI is InChI=1S/C23H32N2O.C4H4O4/c1-4-24(5-2)16-11-17-25(20-13-7-6-8-14-20)22-18-19-12-9-10-15-21(19)23(22)26-3;5-3(6)1-2-4(7)8/h6-10,12-15,22-23H,4-5,11,16-18H2,1-3H3;1-2H,(H,5,6)(H,7,8)/b;2-1+. The number of fused-ring (bicyclic) bond motifs is 1. The average molecular weight is 469 g/mol. The van der Waals surface area contributed by atoms with E-state index in [1.165, 1.54) is 23.2 Å². The molecule has 34 heavy (non-hydrogen) atoms. The highest BCUT2D eigenvalue weighted by Crippen LogP contribution is 2.38. The maximum atomic E-state index is 9.55. The van der Waals surface area contributed by atoms with Gasteiger partial charge in [-0.1, -0.05) is 56.3 Å². The van der Waals surface area contributed by atoms with E-state index in [0.29, 0.717) is 18.2 Å². The van der Waals surface area contributed by atoms with Crippen LogP contribution in [0.15, 0.2) is 66.7 Å². The molecule has 2 unspecified atom stereocenters. The Bertz CT molecular complexity index is 912. The first-order chi connectivity index (χ1) is 16.4. The monoisotopic (exact) mass is 468 g/mol. The minimum Gasteiger partial charge on any atom is -0.478 e. The fourth-order valence-electron chi connectivity index (χ4n) is 4.35. The Morgan fingerprint density at radius 2 is 1.53 bits per heavy atom. The van der Waals surface area contributed by atoms with Crippen molar-refractivity contribution in [2.24, 2.45) is 0 Å². The lowest BCUT2D eigenvalue weighted by atomic mass is 10.1. The van der Waals surface area contributed by atoms with E-state index < -0.39 is 11.9 Å². The first-order valence-corrected chi connectivity index (χ1v) is 11.7. The zero-order chi connectivity index (χ0) is 24.9. The van der Waals surface area contributed by atoms with Gasteiger partial charge >= 0.3 is 11.9 Å². The number of carbonyl (C=O) groups is 2. The molecule has 0 spiro atoms. The van der Waals surface area contributed by atoms with E-state index in [1.54, 1.807) is 0 Å². The van der Waals surface area contributed by atoms with Gasteiger partial charge in [-0.15, -0.1) is 0 Å². The predicted molar refractivity (Wildman–Crippen MR) is 134 cm³/mol. The second kappa shape index (κ2) is 14.2. The van der Waals surface area contributed by atoms with E-state index in [0.717, 1.165) is 32.6 Å². The molecule has 0 fully saturated rings. The largest absolute Gasteiger partial charge is 0.478 e. The smallest absolute Gasteiger partial charge is 0.328 e. The number of ether oxygens (including phenoxy) is 1. The molecule has 184 valence electrons. The van der Waals surface area contributed by atoms with E-state index in [2.05, 4.69) is 78.2 Å². The summed E-state index contributed by atoms with van der Waals surface area (Å²) in [4.78, 5) is 24.2. The van der Waals surface area contributed by atoms with Crippen LogP contribution in [-0.2, 0) is 20.7 Å². The number of carboxylic acids is 2. The second-order valence-electron chi connectivity index (χ2n) is 8.05. The molecular formula is C27H36N2O5. The fourth-order valence-corrected chi connectivity index (χ4v) is 4.35. The molecule has 0 aromatic heterocycles. The maximum absolute atomic E-state index is 9.55. The number of para-hydroxylation sites is 1. The Kier molecular flexibility index (Phi) is 11.3. The van der Waals surface area contributed by atoms with Gasteiger partial charge in [0.15, 0.2) is 0 Å². The summed E-state index contributed by atoms with van der Waals surface area (Å²) in [6, 6.07) is 19.9. The van der Waals surface area contributed by atoms with Crippen LogP contribution in [0.2, 0.25) is 0 Å². The summed E-state index contributed by atoms with van der Waals surface area (Å²) in [5, 5.41) is 15.6. The van der Waals surface area contributed by atoms with Gasteiger partial charge in [-0.05, 0) is 55.7 Å². The zero-order valence-corrected chi connectivity index (χ0v) is 20.3. The van der Waals surface area contributed by atoms with Gasteiger partial charge in [-0.25, -0.2) is 9.59 Å². The molecule has 2 aromatic carbocycles. The number of nitrogens with zero attached hydrogens (tertiary/aromatic N) is 2. The van der Waals surface area contributed by atoms with Crippen molar-refractivity contribution in [1.29, 1.82) is 0 Å². The molecule has 0 saturated carbocycles. The van der Waals surface area contributed by atoms with E-state index in [1.807, 2.05) is 7.11 Å². The molecule has 2 aromatic rings. The number of rotatable bonds is 11. The lowest BCUT2D eigenvalue weighted by Gasteiger charge is -2.35. The number of methoxy groups -OCH3 is 1. The summed E-state index contributed by atoms with van der Waals surface area (Å²) in [5.41, 5.74) is 4.07. The third-order valence-electron chi connectivity index (χ3n) is 6.02.